The second-order valence-electron chi connectivity index (χ2n) is 5.03. The molecule has 0 nitrogen and oxygen atoms in total. The first-order valence-corrected chi connectivity index (χ1v) is 7.57. The minimum atomic E-state index is -0.208. The fourth-order valence-corrected chi connectivity index (χ4v) is 2.77. The zero-order chi connectivity index (χ0) is 14.5. The zero-order valence-electron chi connectivity index (χ0n) is 12.0. The highest BCUT2D eigenvalue weighted by Gasteiger charge is 2.11. The molecule has 0 N–H and O–H groups in total. The molecule has 0 aliphatic heterocycles. The first kappa shape index (κ1) is 15.1. The van der Waals surface area contributed by atoms with Crippen molar-refractivity contribution in [1.82, 2.24) is 0 Å². The predicted molar refractivity (Wildman–Crippen MR) is 83.9 cm³/mol. The monoisotopic (exact) mass is 290 g/mol. The topological polar surface area (TPSA) is 0 Å². The molecule has 0 aromatic heterocycles. The first-order chi connectivity index (χ1) is 9.63. The van der Waals surface area contributed by atoms with Crippen molar-refractivity contribution >= 4 is 11.6 Å². The fraction of sp³-hybridized carbons (Fsp3) is 0.333. The summed E-state index contributed by atoms with van der Waals surface area (Å²) in [5, 5.41) is -0.0725. The molecule has 0 aliphatic rings. The van der Waals surface area contributed by atoms with Crippen molar-refractivity contribution in [2.45, 2.75) is 38.5 Å². The van der Waals surface area contributed by atoms with Gasteiger partial charge in [0.2, 0.25) is 0 Å². The van der Waals surface area contributed by atoms with Crippen LogP contribution in [-0.2, 0) is 19.3 Å². The van der Waals surface area contributed by atoms with Gasteiger partial charge in [0.15, 0.2) is 0 Å². The van der Waals surface area contributed by atoms with Crippen molar-refractivity contribution in [3.05, 3.63) is 70.5 Å². The molecular formula is C18H20ClF. The highest BCUT2D eigenvalue weighted by molar-refractivity contribution is 6.20. The summed E-state index contributed by atoms with van der Waals surface area (Å²) >= 11 is 6.51. The van der Waals surface area contributed by atoms with Crippen LogP contribution in [0.25, 0.3) is 0 Å². The van der Waals surface area contributed by atoms with Gasteiger partial charge in [0.1, 0.15) is 5.82 Å². The highest BCUT2D eigenvalue weighted by atomic mass is 35.5. The Kier molecular flexibility index (Phi) is 5.19. The van der Waals surface area contributed by atoms with Gasteiger partial charge in [-0.05, 0) is 53.6 Å². The maximum atomic E-state index is 12.9. The highest BCUT2D eigenvalue weighted by Crippen LogP contribution is 2.27. The Morgan fingerprint density at radius 3 is 2.20 bits per heavy atom. The van der Waals surface area contributed by atoms with Crippen LogP contribution in [0.4, 0.5) is 4.39 Å². The van der Waals surface area contributed by atoms with Crippen LogP contribution in [0, 0.1) is 5.82 Å². The van der Waals surface area contributed by atoms with Crippen molar-refractivity contribution in [1.29, 1.82) is 0 Å². The minimum Gasteiger partial charge on any atom is -0.207 e. The van der Waals surface area contributed by atoms with E-state index in [1.165, 1.54) is 23.3 Å². The van der Waals surface area contributed by atoms with Crippen molar-refractivity contribution in [2.75, 3.05) is 0 Å². The molecule has 0 aliphatic carbocycles. The molecule has 2 aromatic rings. The van der Waals surface area contributed by atoms with Crippen molar-refractivity contribution in [3.8, 4) is 0 Å². The van der Waals surface area contributed by atoms with E-state index in [4.69, 9.17) is 11.6 Å². The Balaban J connectivity index is 2.16. The lowest BCUT2D eigenvalue weighted by Gasteiger charge is -2.14. The molecule has 2 heteroatoms. The van der Waals surface area contributed by atoms with E-state index in [1.807, 2.05) is 0 Å². The van der Waals surface area contributed by atoms with Gasteiger partial charge in [-0.1, -0.05) is 44.2 Å². The molecule has 0 radical (unpaired) electrons. The van der Waals surface area contributed by atoms with Crippen LogP contribution in [0.1, 0.15) is 41.5 Å². The van der Waals surface area contributed by atoms with Gasteiger partial charge >= 0.3 is 0 Å². The SMILES string of the molecule is CCc1ccc(C(Cl)Cc2ccc(F)cc2)cc1CC. The molecule has 2 aromatic carbocycles. The lowest BCUT2D eigenvalue weighted by atomic mass is 9.96. The Labute approximate surface area is 125 Å². The summed E-state index contributed by atoms with van der Waals surface area (Å²) in [6.45, 7) is 4.34. The summed E-state index contributed by atoms with van der Waals surface area (Å²) in [5.41, 5.74) is 4.96. The molecule has 0 fully saturated rings. The van der Waals surface area contributed by atoms with Crippen molar-refractivity contribution in [3.63, 3.8) is 0 Å². The van der Waals surface area contributed by atoms with E-state index in [2.05, 4.69) is 32.0 Å². The summed E-state index contributed by atoms with van der Waals surface area (Å²) in [6, 6.07) is 13.1. The average Bonchev–Trinajstić information content (AvgIpc) is 2.48. The quantitative estimate of drug-likeness (QED) is 0.640. The van der Waals surface area contributed by atoms with Crippen LogP contribution >= 0.6 is 11.6 Å². The molecule has 106 valence electrons. The van der Waals surface area contributed by atoms with E-state index >= 15 is 0 Å². The second-order valence-corrected chi connectivity index (χ2v) is 5.56. The standard InChI is InChI=1S/C18H20ClF/c1-3-14-7-8-16(12-15(14)4-2)18(19)11-13-5-9-17(20)10-6-13/h5-10,12,18H,3-4,11H2,1-2H3. The third-order valence-corrected chi connectivity index (χ3v) is 4.09. The van der Waals surface area contributed by atoms with E-state index in [0.717, 1.165) is 30.4 Å². The Bertz CT molecular complexity index is 560. The maximum absolute atomic E-state index is 12.9. The van der Waals surface area contributed by atoms with Crippen LogP contribution in [0.2, 0.25) is 0 Å². The number of benzene rings is 2. The van der Waals surface area contributed by atoms with E-state index in [-0.39, 0.29) is 11.2 Å². The number of hydrogen-bond acceptors (Lipinski definition) is 0. The molecule has 0 saturated carbocycles. The molecule has 1 atom stereocenters. The van der Waals surface area contributed by atoms with Gasteiger partial charge in [0, 0.05) is 0 Å². The summed E-state index contributed by atoms with van der Waals surface area (Å²) in [5.74, 6) is -0.208. The third-order valence-electron chi connectivity index (χ3n) is 3.68. The maximum Gasteiger partial charge on any atom is 0.123 e. The summed E-state index contributed by atoms with van der Waals surface area (Å²) in [4.78, 5) is 0. The van der Waals surface area contributed by atoms with Crippen LogP contribution in [0.15, 0.2) is 42.5 Å². The number of hydrogen-bond donors (Lipinski definition) is 0. The van der Waals surface area contributed by atoms with Crippen molar-refractivity contribution in [2.24, 2.45) is 0 Å². The molecular weight excluding hydrogens is 271 g/mol. The third kappa shape index (κ3) is 3.61. The predicted octanol–water partition coefficient (Wildman–Crippen LogP) is 5.47. The van der Waals surface area contributed by atoms with Crippen LogP contribution in [-0.4, -0.2) is 0 Å². The lowest BCUT2D eigenvalue weighted by Crippen LogP contribution is -1.99. The van der Waals surface area contributed by atoms with Gasteiger partial charge in [-0.2, -0.15) is 0 Å². The number of halogens is 2. The smallest absolute Gasteiger partial charge is 0.123 e. The van der Waals surface area contributed by atoms with Gasteiger partial charge in [-0.3, -0.25) is 0 Å². The molecule has 1 unspecified atom stereocenters. The van der Waals surface area contributed by atoms with Gasteiger partial charge in [0.05, 0.1) is 5.38 Å². The second kappa shape index (κ2) is 6.90. The van der Waals surface area contributed by atoms with Crippen LogP contribution < -0.4 is 0 Å². The number of rotatable bonds is 5. The van der Waals surface area contributed by atoms with Gasteiger partial charge in [-0.25, -0.2) is 4.39 Å². The van der Waals surface area contributed by atoms with Crippen molar-refractivity contribution < 1.29 is 4.39 Å². The number of alkyl halides is 1. The molecule has 0 bridgehead atoms. The fourth-order valence-electron chi connectivity index (χ4n) is 2.46. The van der Waals surface area contributed by atoms with E-state index in [1.54, 1.807) is 12.1 Å². The lowest BCUT2D eigenvalue weighted by molar-refractivity contribution is 0.627. The Morgan fingerprint density at radius 1 is 0.950 bits per heavy atom. The van der Waals surface area contributed by atoms with E-state index < -0.39 is 0 Å². The molecule has 20 heavy (non-hydrogen) atoms. The molecule has 0 heterocycles. The van der Waals surface area contributed by atoms with Gasteiger partial charge < -0.3 is 0 Å². The largest absolute Gasteiger partial charge is 0.207 e. The van der Waals surface area contributed by atoms with Gasteiger partial charge in [-0.15, -0.1) is 11.6 Å². The minimum absolute atomic E-state index is 0.0725. The molecule has 2 rings (SSSR count). The summed E-state index contributed by atoms with van der Waals surface area (Å²) < 4.78 is 12.9. The van der Waals surface area contributed by atoms with E-state index in [0.29, 0.717) is 0 Å². The number of aryl methyl sites for hydroxylation is 2. The Hall–Kier alpha value is -1.34. The van der Waals surface area contributed by atoms with Crippen LogP contribution in [0.5, 0.6) is 0 Å². The Morgan fingerprint density at radius 2 is 1.60 bits per heavy atom. The first-order valence-electron chi connectivity index (χ1n) is 7.14. The summed E-state index contributed by atoms with van der Waals surface area (Å²) in [6.07, 6.45) is 2.79. The zero-order valence-corrected chi connectivity index (χ0v) is 12.8. The summed E-state index contributed by atoms with van der Waals surface area (Å²) in [7, 11) is 0. The molecule has 0 saturated heterocycles. The van der Waals surface area contributed by atoms with Gasteiger partial charge in [0.25, 0.3) is 0 Å². The normalized spacial score (nSPS) is 12.4. The average molecular weight is 291 g/mol. The van der Waals surface area contributed by atoms with E-state index in [9.17, 15) is 4.39 Å². The van der Waals surface area contributed by atoms with Crippen LogP contribution in [0.3, 0.4) is 0 Å². The molecule has 0 amide bonds. The molecule has 0 spiro atoms.